The minimum absolute atomic E-state index is 0. The zero-order chi connectivity index (χ0) is 23.0. The third kappa shape index (κ3) is 5.21. The lowest BCUT2D eigenvalue weighted by Gasteiger charge is -2.41. The number of phenols is 1. The van der Waals surface area contributed by atoms with Crippen LogP contribution < -0.4 is 20.2 Å². The molecule has 0 bridgehead atoms. The Morgan fingerprint density at radius 3 is 2.52 bits per heavy atom. The minimum Gasteiger partial charge on any atom is -0.669 e. The van der Waals surface area contributed by atoms with Crippen LogP contribution in [-0.4, -0.2) is 63.9 Å². The van der Waals surface area contributed by atoms with Gasteiger partial charge in [-0.15, -0.1) is 0 Å². The van der Waals surface area contributed by atoms with Crippen LogP contribution in [0.15, 0.2) is 36.4 Å². The summed E-state index contributed by atoms with van der Waals surface area (Å²) in [6.07, 6.45) is 0.0550. The summed E-state index contributed by atoms with van der Waals surface area (Å²) in [5, 5.41) is 40.7. The van der Waals surface area contributed by atoms with Gasteiger partial charge in [0.2, 0.25) is 5.91 Å². The number of phenolic OH excluding ortho intramolecular Hbond substituents is 1. The number of carboxylic acid groups (broad SMARTS) is 1. The number of benzene rings is 2. The van der Waals surface area contributed by atoms with Gasteiger partial charge in [0.1, 0.15) is 17.6 Å². The topological polar surface area (TPSA) is 166 Å². The molecule has 0 aliphatic carbocycles. The Balaban J connectivity index is 0.00000306. The maximum absolute atomic E-state index is 12.6. The van der Waals surface area contributed by atoms with Crippen LogP contribution in [0.2, 0.25) is 6.32 Å². The number of aryl methyl sites for hydroxylation is 1. The largest absolute Gasteiger partial charge is 0.669 e. The molecular formula is C22H27BN2O8-2. The van der Waals surface area contributed by atoms with Crippen LogP contribution in [0.5, 0.6) is 17.2 Å². The quantitative estimate of drug-likeness (QED) is 0.414. The Labute approximate surface area is 191 Å². The van der Waals surface area contributed by atoms with Crippen LogP contribution in [-0.2, 0) is 17.6 Å². The van der Waals surface area contributed by atoms with Gasteiger partial charge >= 0.3 is 6.75 Å². The normalized spacial score (nSPS) is 17.6. The first kappa shape index (κ1) is 24.4. The van der Waals surface area contributed by atoms with E-state index >= 15 is 0 Å². The molecule has 1 fully saturated rings. The molecule has 1 atom stereocenters. The van der Waals surface area contributed by atoms with Crippen molar-refractivity contribution in [3.63, 3.8) is 0 Å². The molecule has 4 rings (SSSR count). The highest BCUT2D eigenvalue weighted by Crippen LogP contribution is 2.38. The van der Waals surface area contributed by atoms with Crippen LogP contribution >= 0.6 is 0 Å². The number of nitrogens with zero attached hydrogens (tertiary/aromatic N) is 1. The lowest BCUT2D eigenvalue weighted by molar-refractivity contribution is -0.255. The standard InChI is InChI=1S/C21H24BN2O8.CH4/c23-16(9-12-1-4-14(25)5-2-12)20(26)24-10-15(11-24)31-17-6-3-13-7-8-22(29,30)32-19(13)18(17)21(27)28;/h1-6,15-16,25,29-30H,7-11,23H2,(H,27,28);1H4/q-1;/p-1/t16-;/m1./s1. The fourth-order valence-corrected chi connectivity index (χ4v) is 3.90. The number of aromatic hydroxyl groups is 1. The summed E-state index contributed by atoms with van der Waals surface area (Å²) in [6, 6.07) is 8.76. The van der Waals surface area contributed by atoms with Crippen molar-refractivity contribution in [2.24, 2.45) is 5.73 Å². The molecule has 0 saturated carbocycles. The first-order valence-electron chi connectivity index (χ1n) is 10.3. The summed E-state index contributed by atoms with van der Waals surface area (Å²) in [5.41, 5.74) is 6.97. The van der Waals surface area contributed by atoms with E-state index in [1.807, 2.05) is 0 Å². The Bertz CT molecular complexity index is 1040. The van der Waals surface area contributed by atoms with Crippen LogP contribution in [0.4, 0.5) is 0 Å². The highest BCUT2D eigenvalue weighted by atomic mass is 16.6. The number of hydrogen-bond acceptors (Lipinski definition) is 9. The molecule has 1 saturated heterocycles. The molecule has 2 aromatic rings. The van der Waals surface area contributed by atoms with Gasteiger partial charge in [-0.2, -0.15) is 0 Å². The fraction of sp³-hybridized carbons (Fsp3) is 0.364. The van der Waals surface area contributed by atoms with Crippen LogP contribution in [0.1, 0.15) is 28.9 Å². The van der Waals surface area contributed by atoms with E-state index in [4.69, 9.17) is 15.1 Å². The lowest BCUT2D eigenvalue weighted by atomic mass is 9.70. The van der Waals surface area contributed by atoms with Crippen molar-refractivity contribution in [1.29, 1.82) is 0 Å². The molecular weight excluding hydrogens is 431 g/mol. The van der Waals surface area contributed by atoms with E-state index in [1.54, 1.807) is 18.2 Å². The number of rotatable bonds is 6. The highest BCUT2D eigenvalue weighted by Gasteiger charge is 2.36. The first-order chi connectivity index (χ1) is 15.1. The van der Waals surface area contributed by atoms with Crippen molar-refractivity contribution in [2.45, 2.75) is 38.7 Å². The van der Waals surface area contributed by atoms with Gasteiger partial charge in [-0.05, 0) is 42.2 Å². The van der Waals surface area contributed by atoms with Crippen LogP contribution in [0, 0.1) is 0 Å². The number of likely N-dealkylation sites (tertiary alicyclic amines) is 1. The Morgan fingerprint density at radius 1 is 1.21 bits per heavy atom. The van der Waals surface area contributed by atoms with Crippen LogP contribution in [0.25, 0.3) is 0 Å². The second-order valence-electron chi connectivity index (χ2n) is 8.19. The van der Waals surface area contributed by atoms with Gasteiger partial charge in [-0.1, -0.05) is 31.9 Å². The third-order valence-corrected chi connectivity index (χ3v) is 5.66. The maximum Gasteiger partial charge on any atom is 0.430 e. The summed E-state index contributed by atoms with van der Waals surface area (Å²) >= 11 is 0. The number of fused-ring (bicyclic) bond motifs is 1. The SMILES string of the molecule is C.N[C@H](Cc1ccc(O)cc1)C(=O)N1CC(Oc2ccc3c(c2C(=O)[O-])O[B-](O)(O)CC3)C1. The predicted molar refractivity (Wildman–Crippen MR) is 118 cm³/mol. The van der Waals surface area contributed by atoms with E-state index in [0.29, 0.717) is 12.0 Å². The number of carbonyl (C=O) groups is 2. The summed E-state index contributed by atoms with van der Waals surface area (Å²) in [4.78, 5) is 25.8. The number of carbonyl (C=O) groups excluding carboxylic acids is 2. The predicted octanol–water partition coefficient (Wildman–Crippen LogP) is -0.590. The molecule has 11 heteroatoms. The summed E-state index contributed by atoms with van der Waals surface area (Å²) in [7, 11) is 0. The molecule has 0 aromatic heterocycles. The second-order valence-corrected chi connectivity index (χ2v) is 8.19. The van der Waals surface area contributed by atoms with Gasteiger partial charge in [0, 0.05) is 0 Å². The number of nitrogens with two attached hydrogens (primary N) is 1. The first-order valence-corrected chi connectivity index (χ1v) is 10.3. The Morgan fingerprint density at radius 2 is 1.88 bits per heavy atom. The van der Waals surface area contributed by atoms with Gasteiger partial charge in [0.05, 0.1) is 36.4 Å². The summed E-state index contributed by atoms with van der Waals surface area (Å²) in [6.45, 7) is -2.70. The van der Waals surface area contributed by atoms with Gasteiger partial charge in [0.25, 0.3) is 0 Å². The molecule has 0 radical (unpaired) electrons. The van der Waals surface area contributed by atoms with Crippen molar-refractivity contribution in [3.05, 3.63) is 53.1 Å². The Kier molecular flexibility index (Phi) is 6.87. The molecule has 0 spiro atoms. The van der Waals surface area contributed by atoms with Crippen molar-refractivity contribution < 1.29 is 39.2 Å². The average Bonchev–Trinajstić information content (AvgIpc) is 2.70. The molecule has 2 heterocycles. The van der Waals surface area contributed by atoms with E-state index in [2.05, 4.69) is 0 Å². The Hall–Kier alpha value is -3.28. The van der Waals surface area contributed by atoms with E-state index < -0.39 is 24.9 Å². The van der Waals surface area contributed by atoms with Crippen LogP contribution in [0.3, 0.4) is 0 Å². The van der Waals surface area contributed by atoms with E-state index in [0.717, 1.165) is 5.56 Å². The van der Waals surface area contributed by atoms with E-state index in [9.17, 15) is 29.9 Å². The third-order valence-electron chi connectivity index (χ3n) is 5.66. The summed E-state index contributed by atoms with van der Waals surface area (Å²) in [5.74, 6) is -1.89. The number of aromatic carboxylic acids is 1. The minimum atomic E-state index is -3.15. The fourth-order valence-electron chi connectivity index (χ4n) is 3.90. The van der Waals surface area contributed by atoms with Gasteiger partial charge in [-0.3, -0.25) is 4.79 Å². The second kappa shape index (κ2) is 9.30. The number of hydrogen-bond donors (Lipinski definition) is 4. The average molecular weight is 458 g/mol. The number of carboxylic acids is 1. The molecule has 33 heavy (non-hydrogen) atoms. The van der Waals surface area contributed by atoms with Crippen molar-refractivity contribution in [3.8, 4) is 17.2 Å². The van der Waals surface area contributed by atoms with E-state index in [1.165, 1.54) is 23.1 Å². The molecule has 0 unspecified atom stereocenters. The monoisotopic (exact) mass is 458 g/mol. The number of amides is 1. The number of ether oxygens (including phenoxy) is 1. The van der Waals surface area contributed by atoms with Gasteiger partial charge in [0.15, 0.2) is 0 Å². The molecule has 5 N–H and O–H groups in total. The molecule has 2 aromatic carbocycles. The van der Waals surface area contributed by atoms with Crippen molar-refractivity contribution in [1.82, 2.24) is 4.90 Å². The smallest absolute Gasteiger partial charge is 0.430 e. The van der Waals surface area contributed by atoms with Crippen molar-refractivity contribution >= 4 is 18.6 Å². The molecule has 178 valence electrons. The lowest BCUT2D eigenvalue weighted by Crippen LogP contribution is -2.60. The zero-order valence-corrected chi connectivity index (χ0v) is 17.1. The zero-order valence-electron chi connectivity index (χ0n) is 17.1. The highest BCUT2D eigenvalue weighted by molar-refractivity contribution is 6.59. The molecule has 2 aliphatic heterocycles. The molecule has 2 aliphatic rings. The summed E-state index contributed by atoms with van der Waals surface area (Å²) < 4.78 is 10.9. The van der Waals surface area contributed by atoms with Gasteiger partial charge < -0.3 is 45.1 Å². The van der Waals surface area contributed by atoms with Gasteiger partial charge in [-0.25, -0.2) is 0 Å². The molecule has 1 amide bonds. The van der Waals surface area contributed by atoms with Crippen molar-refractivity contribution in [2.75, 3.05) is 13.1 Å². The van der Waals surface area contributed by atoms with E-state index in [-0.39, 0.29) is 62.0 Å². The molecule has 10 nitrogen and oxygen atoms in total. The maximum atomic E-state index is 12.6.